The Balaban J connectivity index is 1.52. The molecule has 1 aliphatic carbocycles. The van der Waals surface area contributed by atoms with Crippen molar-refractivity contribution in [3.63, 3.8) is 0 Å². The van der Waals surface area contributed by atoms with Gasteiger partial charge in [-0.25, -0.2) is 13.4 Å². The van der Waals surface area contributed by atoms with Crippen LogP contribution in [-0.2, 0) is 15.6 Å². The second kappa shape index (κ2) is 6.29. The lowest BCUT2D eigenvalue weighted by molar-refractivity contribution is 0.0194. The molecule has 2 fully saturated rings. The molecule has 0 amide bonds. The number of aromatic nitrogens is 3. The van der Waals surface area contributed by atoms with Crippen LogP contribution in [0, 0.1) is 0 Å². The van der Waals surface area contributed by atoms with Crippen molar-refractivity contribution in [2.45, 2.75) is 42.6 Å². The monoisotopic (exact) mass is 380 g/mol. The normalized spacial score (nSPS) is 24.1. The first kappa shape index (κ1) is 17.4. The molecule has 4 rings (SSSR count). The van der Waals surface area contributed by atoms with Gasteiger partial charge in [-0.05, 0) is 25.8 Å². The molecule has 1 unspecified atom stereocenters. The van der Waals surface area contributed by atoms with Crippen molar-refractivity contribution in [2.24, 2.45) is 0 Å². The first-order valence-corrected chi connectivity index (χ1v) is 10.0. The van der Waals surface area contributed by atoms with Gasteiger partial charge in [0, 0.05) is 24.9 Å². The van der Waals surface area contributed by atoms with Crippen LogP contribution in [0.15, 0.2) is 27.7 Å². The number of rotatable bonds is 6. The molecular weight excluding hydrogens is 360 g/mol. The molecule has 2 aromatic heterocycles. The van der Waals surface area contributed by atoms with Gasteiger partial charge >= 0.3 is 0 Å². The van der Waals surface area contributed by atoms with Gasteiger partial charge < -0.3 is 14.4 Å². The molecule has 0 aromatic carbocycles. The predicted molar refractivity (Wildman–Crippen MR) is 89.0 cm³/mol. The summed E-state index contributed by atoms with van der Waals surface area (Å²) in [7, 11) is -3.78. The molecule has 140 valence electrons. The van der Waals surface area contributed by atoms with Crippen LogP contribution in [0.25, 0.3) is 0 Å². The Hall–Kier alpha value is -2.04. The van der Waals surface area contributed by atoms with Gasteiger partial charge in [0.25, 0.3) is 5.89 Å². The molecule has 0 radical (unpaired) electrons. The Morgan fingerprint density at radius 2 is 2.23 bits per heavy atom. The average Bonchev–Trinajstić information content (AvgIpc) is 3.19. The van der Waals surface area contributed by atoms with Gasteiger partial charge in [0.15, 0.2) is 11.4 Å². The molecule has 2 aromatic rings. The minimum Gasteiger partial charge on any atom is -0.478 e. The molecule has 1 N–H and O–H groups in total. The van der Waals surface area contributed by atoms with Crippen molar-refractivity contribution >= 4 is 10.0 Å². The largest absolute Gasteiger partial charge is 0.478 e. The van der Waals surface area contributed by atoms with E-state index >= 15 is 0 Å². The number of hydrogen-bond donors (Lipinski definition) is 1. The predicted octanol–water partition coefficient (Wildman–Crippen LogP) is 1.02. The smallest absolute Gasteiger partial charge is 0.260 e. The van der Waals surface area contributed by atoms with E-state index in [4.69, 9.17) is 9.26 Å². The van der Waals surface area contributed by atoms with Crippen molar-refractivity contribution in [2.75, 3.05) is 19.7 Å². The van der Waals surface area contributed by atoms with E-state index in [0.29, 0.717) is 24.2 Å². The van der Waals surface area contributed by atoms with Crippen molar-refractivity contribution < 1.29 is 22.8 Å². The SMILES string of the molecule is CCOc1ccc(S(=O)(=O)N2CCC(O)(c3nc(C4CC4)no3)C2)cn1. The van der Waals surface area contributed by atoms with E-state index in [2.05, 4.69) is 15.1 Å². The zero-order valence-corrected chi connectivity index (χ0v) is 15.1. The van der Waals surface area contributed by atoms with Gasteiger partial charge in [-0.15, -0.1) is 0 Å². The van der Waals surface area contributed by atoms with Crippen LogP contribution < -0.4 is 4.74 Å². The summed E-state index contributed by atoms with van der Waals surface area (Å²) in [6, 6.07) is 2.96. The molecule has 26 heavy (non-hydrogen) atoms. The lowest BCUT2D eigenvalue weighted by atomic mass is 10.0. The minimum absolute atomic E-state index is 0.0504. The number of hydrogen-bond acceptors (Lipinski definition) is 8. The van der Waals surface area contributed by atoms with Crippen LogP contribution in [0.4, 0.5) is 0 Å². The molecule has 1 atom stereocenters. The zero-order chi connectivity index (χ0) is 18.4. The summed E-state index contributed by atoms with van der Waals surface area (Å²) in [5, 5.41) is 14.7. The first-order valence-electron chi connectivity index (χ1n) is 8.58. The number of β-amino-alcohol motifs (C(OH)–C–C–N with tert-alkyl or cyclic N) is 1. The molecule has 3 heterocycles. The third-order valence-corrected chi connectivity index (χ3v) is 6.46. The molecule has 10 heteroatoms. The second-order valence-electron chi connectivity index (χ2n) is 6.62. The quantitative estimate of drug-likeness (QED) is 0.789. The summed E-state index contributed by atoms with van der Waals surface area (Å²) in [6.07, 6.45) is 3.49. The molecule has 0 spiro atoms. The third kappa shape index (κ3) is 3.08. The van der Waals surface area contributed by atoms with Crippen LogP contribution in [0.1, 0.15) is 43.8 Å². The highest BCUT2D eigenvalue weighted by Gasteiger charge is 2.47. The topological polar surface area (TPSA) is 119 Å². The van der Waals surface area contributed by atoms with Gasteiger partial charge in [0.05, 0.1) is 19.3 Å². The van der Waals surface area contributed by atoms with Crippen LogP contribution in [0.5, 0.6) is 5.88 Å². The Morgan fingerprint density at radius 1 is 1.42 bits per heavy atom. The van der Waals surface area contributed by atoms with Crippen LogP contribution >= 0.6 is 0 Å². The zero-order valence-electron chi connectivity index (χ0n) is 14.3. The summed E-state index contributed by atoms with van der Waals surface area (Å²) >= 11 is 0. The average molecular weight is 380 g/mol. The standard InChI is InChI=1S/C16H20N4O5S/c1-2-24-13-6-5-12(9-17-13)26(22,23)20-8-7-16(21,10-20)15-18-14(19-25-15)11-3-4-11/h5-6,9,11,21H,2-4,7-8,10H2,1H3. The first-order chi connectivity index (χ1) is 12.4. The van der Waals surface area contributed by atoms with Crippen molar-refractivity contribution in [1.29, 1.82) is 0 Å². The molecular formula is C16H20N4O5S. The van der Waals surface area contributed by atoms with E-state index in [1.165, 1.54) is 22.6 Å². The van der Waals surface area contributed by atoms with Gasteiger partial charge in [0.2, 0.25) is 15.9 Å². The summed E-state index contributed by atoms with van der Waals surface area (Å²) in [5.74, 6) is 1.34. The highest BCUT2D eigenvalue weighted by atomic mass is 32.2. The van der Waals surface area contributed by atoms with E-state index in [0.717, 1.165) is 12.8 Å². The summed E-state index contributed by atoms with van der Waals surface area (Å²) < 4.78 is 37.3. The van der Waals surface area contributed by atoms with Gasteiger partial charge in [-0.3, -0.25) is 0 Å². The maximum absolute atomic E-state index is 12.8. The number of pyridine rings is 1. The second-order valence-corrected chi connectivity index (χ2v) is 8.56. The van der Waals surface area contributed by atoms with E-state index in [1.807, 2.05) is 6.92 Å². The van der Waals surface area contributed by atoms with Gasteiger partial charge in [-0.2, -0.15) is 9.29 Å². The third-order valence-electron chi connectivity index (χ3n) is 4.63. The maximum atomic E-state index is 12.8. The number of nitrogens with zero attached hydrogens (tertiary/aromatic N) is 4. The van der Waals surface area contributed by atoms with E-state index in [1.54, 1.807) is 0 Å². The summed E-state index contributed by atoms with van der Waals surface area (Å²) in [5.41, 5.74) is -1.47. The Morgan fingerprint density at radius 3 is 2.88 bits per heavy atom. The molecule has 9 nitrogen and oxygen atoms in total. The number of aliphatic hydroxyl groups is 1. The van der Waals surface area contributed by atoms with Crippen molar-refractivity contribution in [3.8, 4) is 5.88 Å². The number of sulfonamides is 1. The summed E-state index contributed by atoms with van der Waals surface area (Å²) in [4.78, 5) is 8.32. The van der Waals surface area contributed by atoms with Gasteiger partial charge in [0.1, 0.15) is 4.90 Å². The molecule has 2 aliphatic rings. The number of ether oxygens (including phenoxy) is 1. The summed E-state index contributed by atoms with van der Waals surface area (Å²) in [6.45, 7) is 2.30. The highest BCUT2D eigenvalue weighted by Crippen LogP contribution is 2.40. The van der Waals surface area contributed by atoms with Gasteiger partial charge in [-0.1, -0.05) is 5.16 Å². The van der Waals surface area contributed by atoms with Crippen LogP contribution in [0.2, 0.25) is 0 Å². The molecule has 0 bridgehead atoms. The maximum Gasteiger partial charge on any atom is 0.260 e. The fourth-order valence-electron chi connectivity index (χ4n) is 2.97. The van der Waals surface area contributed by atoms with E-state index < -0.39 is 15.6 Å². The highest BCUT2D eigenvalue weighted by molar-refractivity contribution is 7.89. The van der Waals surface area contributed by atoms with Crippen LogP contribution in [-0.4, -0.2) is 52.7 Å². The fourth-order valence-corrected chi connectivity index (χ4v) is 4.41. The fraction of sp³-hybridized carbons (Fsp3) is 0.562. The van der Waals surface area contributed by atoms with Crippen molar-refractivity contribution in [3.05, 3.63) is 30.0 Å². The molecule has 1 aliphatic heterocycles. The lowest BCUT2D eigenvalue weighted by Crippen LogP contribution is -2.34. The Labute approximate surface area is 151 Å². The molecule has 1 saturated carbocycles. The van der Waals surface area contributed by atoms with E-state index in [-0.39, 0.29) is 30.3 Å². The molecule has 1 saturated heterocycles. The van der Waals surface area contributed by atoms with E-state index in [9.17, 15) is 13.5 Å². The minimum atomic E-state index is -3.78. The van der Waals surface area contributed by atoms with Crippen LogP contribution in [0.3, 0.4) is 0 Å². The Bertz CT molecular complexity index is 894. The Kier molecular flexibility index (Phi) is 4.20. The van der Waals surface area contributed by atoms with Crippen molar-refractivity contribution in [1.82, 2.24) is 19.4 Å². The lowest BCUT2D eigenvalue weighted by Gasteiger charge is -2.19.